The molecule has 0 aliphatic carbocycles. The fraction of sp³-hybridized carbons (Fsp3) is 0.933. The van der Waals surface area contributed by atoms with Gasteiger partial charge in [-0.05, 0) is 59.2 Å². The molecule has 2 N–H and O–H groups in total. The van der Waals surface area contributed by atoms with Crippen molar-refractivity contribution in [2.24, 2.45) is 5.92 Å². The van der Waals surface area contributed by atoms with Crippen LogP contribution in [0.15, 0.2) is 0 Å². The van der Waals surface area contributed by atoms with Gasteiger partial charge in [-0.25, -0.2) is 0 Å². The summed E-state index contributed by atoms with van der Waals surface area (Å²) in [5.41, 5.74) is 0. The Balaban J connectivity index is 1.74. The van der Waals surface area contributed by atoms with Gasteiger partial charge in [0, 0.05) is 18.6 Å². The number of likely N-dealkylation sites (tertiary alicyclic amines) is 1. The highest BCUT2D eigenvalue weighted by Gasteiger charge is 2.28. The van der Waals surface area contributed by atoms with Gasteiger partial charge in [-0.2, -0.15) is 0 Å². The summed E-state index contributed by atoms with van der Waals surface area (Å²) in [6, 6.07) is 0.579. The molecular formula is C15H29N3O. The lowest BCUT2D eigenvalue weighted by Gasteiger charge is -2.32. The van der Waals surface area contributed by atoms with E-state index in [9.17, 15) is 4.79 Å². The minimum atomic E-state index is 0.151. The molecule has 0 aromatic carbocycles. The zero-order valence-electron chi connectivity index (χ0n) is 12.5. The minimum Gasteiger partial charge on any atom is -0.352 e. The Morgan fingerprint density at radius 3 is 2.74 bits per heavy atom. The molecule has 0 aromatic rings. The second-order valence-corrected chi connectivity index (χ2v) is 6.26. The molecule has 110 valence electrons. The molecule has 19 heavy (non-hydrogen) atoms. The fourth-order valence-electron chi connectivity index (χ4n) is 3.33. The maximum Gasteiger partial charge on any atom is 0.224 e. The van der Waals surface area contributed by atoms with Crippen molar-refractivity contribution in [3.05, 3.63) is 0 Å². The van der Waals surface area contributed by atoms with Gasteiger partial charge < -0.3 is 15.5 Å². The number of piperidine rings is 2. The third kappa shape index (κ3) is 4.46. The first-order valence-electron chi connectivity index (χ1n) is 7.93. The first-order valence-corrected chi connectivity index (χ1v) is 7.93. The first-order chi connectivity index (χ1) is 9.16. The largest absolute Gasteiger partial charge is 0.352 e. The summed E-state index contributed by atoms with van der Waals surface area (Å²) in [5.74, 6) is 0.391. The summed E-state index contributed by atoms with van der Waals surface area (Å²) in [6.45, 7) is 8.70. The predicted molar refractivity (Wildman–Crippen MR) is 78.1 cm³/mol. The maximum atomic E-state index is 12.3. The van der Waals surface area contributed by atoms with Crippen LogP contribution in [-0.4, -0.2) is 49.1 Å². The number of rotatable bonds is 4. The van der Waals surface area contributed by atoms with Crippen molar-refractivity contribution >= 4 is 5.91 Å². The van der Waals surface area contributed by atoms with Crippen LogP contribution in [0.4, 0.5) is 0 Å². The van der Waals surface area contributed by atoms with Crippen molar-refractivity contribution in [1.29, 1.82) is 0 Å². The van der Waals surface area contributed by atoms with Gasteiger partial charge in [0.05, 0.1) is 5.92 Å². The molecule has 0 saturated carbocycles. The Kier molecular flexibility index (Phi) is 5.64. The van der Waals surface area contributed by atoms with E-state index in [0.29, 0.717) is 6.04 Å². The van der Waals surface area contributed by atoms with Crippen LogP contribution >= 0.6 is 0 Å². The summed E-state index contributed by atoms with van der Waals surface area (Å²) in [7, 11) is 0. The summed E-state index contributed by atoms with van der Waals surface area (Å²) in [6.07, 6.45) is 6.12. The predicted octanol–water partition coefficient (Wildman–Crippen LogP) is 1.37. The van der Waals surface area contributed by atoms with Crippen LogP contribution in [0.25, 0.3) is 0 Å². The number of hydrogen-bond acceptors (Lipinski definition) is 3. The lowest BCUT2D eigenvalue weighted by Crippen LogP contribution is -2.51. The van der Waals surface area contributed by atoms with Crippen LogP contribution in [0.3, 0.4) is 0 Å². The molecule has 2 rings (SSSR count). The average Bonchev–Trinajstić information content (AvgIpc) is 2.40. The SMILES string of the molecule is CC(CN1CCCCC1)NC(=O)C1CCCNC1C. The van der Waals surface area contributed by atoms with Crippen LogP contribution in [0, 0.1) is 5.92 Å². The van der Waals surface area contributed by atoms with Gasteiger partial charge in [0.25, 0.3) is 0 Å². The number of nitrogens with zero attached hydrogens (tertiary/aromatic N) is 1. The van der Waals surface area contributed by atoms with Crippen molar-refractivity contribution < 1.29 is 4.79 Å². The molecule has 4 nitrogen and oxygen atoms in total. The lowest BCUT2D eigenvalue weighted by atomic mass is 9.91. The van der Waals surface area contributed by atoms with E-state index in [0.717, 1.165) is 25.9 Å². The summed E-state index contributed by atoms with van der Waals surface area (Å²) < 4.78 is 0. The Morgan fingerprint density at radius 1 is 1.32 bits per heavy atom. The molecule has 2 aliphatic heterocycles. The van der Waals surface area contributed by atoms with Crippen molar-refractivity contribution in [2.75, 3.05) is 26.2 Å². The maximum absolute atomic E-state index is 12.3. The highest BCUT2D eigenvalue weighted by atomic mass is 16.2. The fourth-order valence-corrected chi connectivity index (χ4v) is 3.33. The zero-order valence-corrected chi connectivity index (χ0v) is 12.5. The van der Waals surface area contributed by atoms with Crippen molar-refractivity contribution in [2.45, 2.75) is 58.0 Å². The van der Waals surface area contributed by atoms with Gasteiger partial charge >= 0.3 is 0 Å². The van der Waals surface area contributed by atoms with Crippen molar-refractivity contribution in [3.63, 3.8) is 0 Å². The van der Waals surface area contributed by atoms with E-state index >= 15 is 0 Å². The Morgan fingerprint density at radius 2 is 2.05 bits per heavy atom. The van der Waals surface area contributed by atoms with E-state index in [1.807, 2.05) is 0 Å². The highest BCUT2D eigenvalue weighted by molar-refractivity contribution is 5.79. The van der Waals surface area contributed by atoms with Crippen molar-refractivity contribution in [1.82, 2.24) is 15.5 Å². The normalized spacial score (nSPS) is 30.8. The van der Waals surface area contributed by atoms with Crippen LogP contribution in [0.1, 0.15) is 46.0 Å². The van der Waals surface area contributed by atoms with Crippen LogP contribution in [-0.2, 0) is 4.79 Å². The second-order valence-electron chi connectivity index (χ2n) is 6.26. The Hall–Kier alpha value is -0.610. The number of amides is 1. The molecule has 4 heteroatoms. The van der Waals surface area contributed by atoms with E-state index in [4.69, 9.17) is 0 Å². The van der Waals surface area contributed by atoms with Gasteiger partial charge in [-0.1, -0.05) is 6.42 Å². The molecular weight excluding hydrogens is 238 g/mol. The van der Waals surface area contributed by atoms with E-state index in [1.165, 1.54) is 32.4 Å². The van der Waals surface area contributed by atoms with Gasteiger partial charge in [0.1, 0.15) is 0 Å². The summed E-state index contributed by atoms with van der Waals surface area (Å²) >= 11 is 0. The molecule has 0 radical (unpaired) electrons. The number of carbonyl (C=O) groups excluding carboxylic acids is 1. The standard InChI is InChI=1S/C15H29N3O/c1-12(11-18-9-4-3-5-10-18)17-15(19)14-7-6-8-16-13(14)2/h12-14,16H,3-11H2,1-2H3,(H,17,19). The molecule has 2 heterocycles. The molecule has 1 amide bonds. The highest BCUT2D eigenvalue weighted by Crippen LogP contribution is 2.16. The van der Waals surface area contributed by atoms with Crippen LogP contribution in [0.2, 0.25) is 0 Å². The molecule has 2 fully saturated rings. The van der Waals surface area contributed by atoms with E-state index in [2.05, 4.69) is 29.4 Å². The molecule has 3 atom stereocenters. The Labute approximate surface area is 117 Å². The van der Waals surface area contributed by atoms with Gasteiger partial charge in [-0.3, -0.25) is 4.79 Å². The summed E-state index contributed by atoms with van der Waals surface area (Å²) in [4.78, 5) is 14.8. The number of carbonyl (C=O) groups is 1. The smallest absolute Gasteiger partial charge is 0.224 e. The van der Waals surface area contributed by atoms with Crippen LogP contribution < -0.4 is 10.6 Å². The monoisotopic (exact) mass is 267 g/mol. The van der Waals surface area contributed by atoms with Gasteiger partial charge in [0.15, 0.2) is 0 Å². The van der Waals surface area contributed by atoms with Crippen molar-refractivity contribution in [3.8, 4) is 0 Å². The van der Waals surface area contributed by atoms with Crippen LogP contribution in [0.5, 0.6) is 0 Å². The number of nitrogens with one attached hydrogen (secondary N) is 2. The summed E-state index contributed by atoms with van der Waals surface area (Å²) in [5, 5.41) is 6.60. The Bertz CT molecular complexity index is 289. The minimum absolute atomic E-state index is 0.151. The van der Waals surface area contributed by atoms with E-state index in [-0.39, 0.29) is 17.9 Å². The van der Waals surface area contributed by atoms with E-state index < -0.39 is 0 Å². The molecule has 2 saturated heterocycles. The molecule has 0 bridgehead atoms. The third-order valence-corrected chi connectivity index (χ3v) is 4.47. The molecule has 3 unspecified atom stereocenters. The lowest BCUT2D eigenvalue weighted by molar-refractivity contribution is -0.127. The van der Waals surface area contributed by atoms with E-state index in [1.54, 1.807) is 0 Å². The van der Waals surface area contributed by atoms with Gasteiger partial charge in [0.2, 0.25) is 5.91 Å². The molecule has 0 aromatic heterocycles. The average molecular weight is 267 g/mol. The number of hydrogen-bond donors (Lipinski definition) is 2. The third-order valence-electron chi connectivity index (χ3n) is 4.47. The zero-order chi connectivity index (χ0) is 13.7. The quantitative estimate of drug-likeness (QED) is 0.808. The van der Waals surface area contributed by atoms with Gasteiger partial charge in [-0.15, -0.1) is 0 Å². The topological polar surface area (TPSA) is 44.4 Å². The molecule has 0 spiro atoms. The second kappa shape index (κ2) is 7.25. The first kappa shape index (κ1) is 14.8. The molecule has 2 aliphatic rings.